The minimum atomic E-state index is -3.32. The first-order valence-electron chi connectivity index (χ1n) is 8.23. The molecule has 0 fully saturated rings. The topological polar surface area (TPSA) is 66.8 Å². The summed E-state index contributed by atoms with van der Waals surface area (Å²) in [6.07, 6.45) is 8.44. The van der Waals surface area contributed by atoms with Crippen LogP contribution in [0.25, 0.3) is 0 Å². The summed E-state index contributed by atoms with van der Waals surface area (Å²) in [6.45, 7) is 2.99. The van der Waals surface area contributed by atoms with Gasteiger partial charge < -0.3 is 14.7 Å². The van der Waals surface area contributed by atoms with Gasteiger partial charge >= 0.3 is 0 Å². The lowest BCUT2D eigenvalue weighted by molar-refractivity contribution is 0.0453. The van der Waals surface area contributed by atoms with Crippen LogP contribution in [0.4, 0.5) is 0 Å². The van der Waals surface area contributed by atoms with Crippen molar-refractivity contribution in [3.05, 3.63) is 0 Å². The predicted molar refractivity (Wildman–Crippen MR) is 92.3 cm³/mol. The Kier molecular flexibility index (Phi) is 14.6. The first-order valence-corrected chi connectivity index (χ1v) is 12.1. The minimum Gasteiger partial charge on any atom is -0.390 e. The normalized spacial score (nSPS) is 15.8. The fraction of sp³-hybridized carbons (Fsp3) is 1.00. The van der Waals surface area contributed by atoms with E-state index in [1.165, 1.54) is 51.4 Å². The Balaban J connectivity index is 3.17. The van der Waals surface area contributed by atoms with Gasteiger partial charge in [0.1, 0.15) is 0 Å². The standard InChI is InChI=1S/C15H32BrO4P/c1-2-3-4-5-6-7-8-9-10-11-12-20-13-15(17)14-21(16,18)19/h15,17H,2-14H2,1H3,(H,18,19). The van der Waals surface area contributed by atoms with Gasteiger partial charge in [0.25, 0.3) is 6.07 Å². The summed E-state index contributed by atoms with van der Waals surface area (Å²) in [7, 11) is 0. The molecule has 4 nitrogen and oxygen atoms in total. The largest absolute Gasteiger partial charge is 0.390 e. The fourth-order valence-electron chi connectivity index (χ4n) is 2.22. The average Bonchev–Trinajstić information content (AvgIpc) is 2.38. The van der Waals surface area contributed by atoms with Crippen LogP contribution in [0.1, 0.15) is 71.1 Å². The van der Waals surface area contributed by atoms with Crippen molar-refractivity contribution < 1.29 is 19.3 Å². The maximum absolute atomic E-state index is 11.0. The second kappa shape index (κ2) is 14.2. The summed E-state index contributed by atoms with van der Waals surface area (Å²) < 4.78 is 16.3. The Labute approximate surface area is 137 Å². The third-order valence-corrected chi connectivity index (χ3v) is 5.13. The van der Waals surface area contributed by atoms with Gasteiger partial charge in [0, 0.05) is 22.1 Å². The highest BCUT2D eigenvalue weighted by atomic mass is 79.9. The van der Waals surface area contributed by atoms with Gasteiger partial charge in [-0.15, -0.1) is 0 Å². The van der Waals surface area contributed by atoms with Gasteiger partial charge in [-0.25, -0.2) is 0 Å². The van der Waals surface area contributed by atoms with E-state index in [-0.39, 0.29) is 12.8 Å². The summed E-state index contributed by atoms with van der Waals surface area (Å²) >= 11 is 2.65. The highest BCUT2D eigenvalue weighted by Gasteiger charge is 2.18. The molecule has 0 aromatic carbocycles. The lowest BCUT2D eigenvalue weighted by atomic mass is 10.1. The number of aliphatic hydroxyl groups excluding tert-OH is 1. The second-order valence-corrected chi connectivity index (χ2v) is 10.6. The summed E-state index contributed by atoms with van der Waals surface area (Å²) in [5.74, 6) is 0. The quantitative estimate of drug-likeness (QED) is 0.311. The summed E-state index contributed by atoms with van der Waals surface area (Å²) in [5, 5.41) is 9.46. The first-order chi connectivity index (χ1) is 9.95. The third-order valence-electron chi connectivity index (χ3n) is 3.39. The van der Waals surface area contributed by atoms with Crippen LogP contribution in [0.3, 0.4) is 0 Å². The lowest BCUT2D eigenvalue weighted by Gasteiger charge is -2.11. The van der Waals surface area contributed by atoms with Gasteiger partial charge in [-0.1, -0.05) is 64.7 Å². The Hall–Kier alpha value is 0.590. The molecule has 0 bridgehead atoms. The number of halogens is 1. The van der Waals surface area contributed by atoms with E-state index < -0.39 is 12.2 Å². The van der Waals surface area contributed by atoms with Crippen molar-refractivity contribution in [3.63, 3.8) is 0 Å². The van der Waals surface area contributed by atoms with E-state index in [1.54, 1.807) is 0 Å². The van der Waals surface area contributed by atoms with Crippen LogP contribution in [0.15, 0.2) is 0 Å². The van der Waals surface area contributed by atoms with Crippen molar-refractivity contribution in [2.75, 3.05) is 19.4 Å². The number of ether oxygens (including phenoxy) is 1. The van der Waals surface area contributed by atoms with E-state index in [4.69, 9.17) is 9.63 Å². The van der Waals surface area contributed by atoms with Crippen LogP contribution >= 0.6 is 21.6 Å². The molecule has 0 aliphatic carbocycles. The molecule has 2 unspecified atom stereocenters. The van der Waals surface area contributed by atoms with Gasteiger partial charge in [0.15, 0.2) is 0 Å². The molecule has 2 atom stereocenters. The molecule has 0 rings (SSSR count). The molecule has 0 aliphatic heterocycles. The molecular weight excluding hydrogens is 355 g/mol. The van der Waals surface area contributed by atoms with Gasteiger partial charge in [0.2, 0.25) is 0 Å². The molecule has 0 radical (unpaired) electrons. The highest BCUT2D eigenvalue weighted by molar-refractivity contribution is 9.39. The Morgan fingerprint density at radius 2 is 1.48 bits per heavy atom. The van der Waals surface area contributed by atoms with E-state index in [0.717, 1.165) is 12.8 Å². The molecule has 2 N–H and O–H groups in total. The maximum atomic E-state index is 11.0. The van der Waals surface area contributed by atoms with Gasteiger partial charge in [0.05, 0.1) is 18.9 Å². The SMILES string of the molecule is CCCCCCCCCCCCOCC(O)CP(=O)(O)Br. The second-order valence-electron chi connectivity index (χ2n) is 5.71. The Morgan fingerprint density at radius 1 is 1.00 bits per heavy atom. The van der Waals surface area contributed by atoms with Gasteiger partial charge in [-0.3, -0.25) is 4.57 Å². The molecule has 0 amide bonds. The average molecular weight is 387 g/mol. The summed E-state index contributed by atoms with van der Waals surface area (Å²) in [5.41, 5.74) is 0. The zero-order valence-electron chi connectivity index (χ0n) is 13.3. The van der Waals surface area contributed by atoms with Crippen LogP contribution in [0.5, 0.6) is 0 Å². The number of hydrogen-bond donors (Lipinski definition) is 2. The lowest BCUT2D eigenvalue weighted by Crippen LogP contribution is -2.19. The van der Waals surface area contributed by atoms with E-state index in [2.05, 4.69) is 22.4 Å². The van der Waals surface area contributed by atoms with Crippen LogP contribution < -0.4 is 0 Å². The van der Waals surface area contributed by atoms with Crippen LogP contribution in [0, 0.1) is 0 Å². The first kappa shape index (κ1) is 21.6. The van der Waals surface area contributed by atoms with E-state index in [0.29, 0.717) is 6.61 Å². The molecule has 0 saturated heterocycles. The molecule has 0 aromatic rings. The highest BCUT2D eigenvalue weighted by Crippen LogP contribution is 2.49. The summed E-state index contributed by atoms with van der Waals surface area (Å²) in [4.78, 5) is 9.04. The Bertz CT molecular complexity index is 270. The molecular formula is C15H32BrO4P. The van der Waals surface area contributed by atoms with E-state index >= 15 is 0 Å². The molecule has 0 heterocycles. The third kappa shape index (κ3) is 18.5. The predicted octanol–water partition coefficient (Wildman–Crippen LogP) is 4.87. The van der Waals surface area contributed by atoms with Gasteiger partial charge in [-0.05, 0) is 6.42 Å². The zero-order valence-corrected chi connectivity index (χ0v) is 15.8. The number of unbranched alkanes of at least 4 members (excludes halogenated alkanes) is 9. The monoisotopic (exact) mass is 386 g/mol. The smallest absolute Gasteiger partial charge is 0.265 e. The van der Waals surface area contributed by atoms with Crippen molar-refractivity contribution in [3.8, 4) is 0 Å². The summed E-state index contributed by atoms with van der Waals surface area (Å²) in [6, 6.07) is 0. The molecule has 128 valence electrons. The molecule has 0 spiro atoms. The fourth-order valence-corrected chi connectivity index (χ4v) is 3.85. The molecule has 0 aromatic heterocycles. The number of aliphatic hydroxyl groups is 1. The molecule has 6 heteroatoms. The maximum Gasteiger partial charge on any atom is 0.265 e. The van der Waals surface area contributed by atoms with Crippen LogP contribution in [0.2, 0.25) is 0 Å². The number of hydrogen-bond acceptors (Lipinski definition) is 3. The van der Waals surface area contributed by atoms with Gasteiger partial charge in [-0.2, -0.15) is 0 Å². The van der Waals surface area contributed by atoms with Crippen LogP contribution in [-0.4, -0.2) is 35.5 Å². The van der Waals surface area contributed by atoms with Crippen molar-refractivity contribution in [2.24, 2.45) is 0 Å². The molecule has 0 saturated carbocycles. The van der Waals surface area contributed by atoms with Crippen molar-refractivity contribution in [1.82, 2.24) is 0 Å². The molecule has 0 aliphatic rings. The van der Waals surface area contributed by atoms with Crippen molar-refractivity contribution >= 4 is 21.6 Å². The van der Waals surface area contributed by atoms with E-state index in [9.17, 15) is 9.67 Å². The van der Waals surface area contributed by atoms with E-state index in [1.807, 2.05) is 0 Å². The number of rotatable bonds is 15. The zero-order chi connectivity index (χ0) is 16.0. The molecule has 21 heavy (non-hydrogen) atoms. The minimum absolute atomic E-state index is 0.133. The van der Waals surface area contributed by atoms with Crippen molar-refractivity contribution in [2.45, 2.75) is 77.2 Å². The Morgan fingerprint density at radius 3 is 1.95 bits per heavy atom. The van der Waals surface area contributed by atoms with Crippen LogP contribution in [-0.2, 0) is 9.30 Å². The van der Waals surface area contributed by atoms with Crippen molar-refractivity contribution in [1.29, 1.82) is 0 Å².